The molecule has 29 heavy (non-hydrogen) atoms. The monoisotopic (exact) mass is 387 g/mol. The maximum Gasteiger partial charge on any atom is 0.326 e. The van der Waals surface area contributed by atoms with E-state index in [0.717, 1.165) is 16.9 Å². The highest BCUT2D eigenvalue weighted by Crippen LogP contribution is 2.22. The molecule has 0 aliphatic rings. The van der Waals surface area contributed by atoms with Crippen LogP contribution in [0.3, 0.4) is 0 Å². The molecule has 0 heterocycles. The highest BCUT2D eigenvalue weighted by atomic mass is 16.5. The maximum absolute atomic E-state index is 12.2. The number of aliphatic carboxylic acids is 1. The molecule has 3 aromatic carbocycles. The van der Waals surface area contributed by atoms with E-state index in [2.05, 4.69) is 5.32 Å². The molecule has 0 saturated heterocycles. The summed E-state index contributed by atoms with van der Waals surface area (Å²) >= 11 is 0. The van der Waals surface area contributed by atoms with Crippen LogP contribution in [-0.4, -0.2) is 23.0 Å². The highest BCUT2D eigenvalue weighted by Gasteiger charge is 2.19. The molecule has 0 aromatic heterocycles. The van der Waals surface area contributed by atoms with Crippen molar-refractivity contribution in [3.05, 3.63) is 102 Å². The van der Waals surface area contributed by atoms with Crippen molar-refractivity contribution in [1.82, 2.24) is 5.32 Å². The SMILES string of the molecule is O=C(/C=C/c1cccc(Oc2ccccc2)c1)N[C@@H](Cc1ccccc1)C(=O)O. The first kappa shape index (κ1) is 19.9. The smallest absolute Gasteiger partial charge is 0.326 e. The van der Waals surface area contributed by atoms with Gasteiger partial charge < -0.3 is 15.2 Å². The number of amides is 1. The number of hydrogen-bond donors (Lipinski definition) is 2. The van der Waals surface area contributed by atoms with Crippen LogP contribution >= 0.6 is 0 Å². The summed E-state index contributed by atoms with van der Waals surface area (Å²) in [4.78, 5) is 23.7. The fourth-order valence-corrected chi connectivity index (χ4v) is 2.75. The van der Waals surface area contributed by atoms with Crippen molar-refractivity contribution in [3.8, 4) is 11.5 Å². The van der Waals surface area contributed by atoms with E-state index in [-0.39, 0.29) is 6.42 Å². The van der Waals surface area contributed by atoms with Gasteiger partial charge in [-0.2, -0.15) is 0 Å². The van der Waals surface area contributed by atoms with Gasteiger partial charge in [0.2, 0.25) is 5.91 Å². The number of benzene rings is 3. The molecule has 0 spiro atoms. The quantitative estimate of drug-likeness (QED) is 0.565. The second-order valence-corrected chi connectivity index (χ2v) is 6.41. The Bertz CT molecular complexity index is 984. The summed E-state index contributed by atoms with van der Waals surface area (Å²) in [5, 5.41) is 11.9. The van der Waals surface area contributed by atoms with Gasteiger partial charge in [0.15, 0.2) is 0 Å². The number of carboxylic acid groups (broad SMARTS) is 1. The van der Waals surface area contributed by atoms with Gasteiger partial charge in [-0.25, -0.2) is 4.79 Å². The molecule has 0 aliphatic heterocycles. The Balaban J connectivity index is 1.62. The largest absolute Gasteiger partial charge is 0.480 e. The zero-order valence-electron chi connectivity index (χ0n) is 15.7. The van der Waals surface area contributed by atoms with Gasteiger partial charge in [0.25, 0.3) is 0 Å². The van der Waals surface area contributed by atoms with Gasteiger partial charge in [-0.1, -0.05) is 60.7 Å². The Morgan fingerprint density at radius 2 is 1.55 bits per heavy atom. The molecule has 0 bridgehead atoms. The van der Waals surface area contributed by atoms with Crippen molar-refractivity contribution in [1.29, 1.82) is 0 Å². The molecule has 0 aliphatic carbocycles. The number of carbonyl (C=O) groups is 2. The van der Waals surface area contributed by atoms with Gasteiger partial charge in [-0.15, -0.1) is 0 Å². The van der Waals surface area contributed by atoms with Crippen LogP contribution < -0.4 is 10.1 Å². The van der Waals surface area contributed by atoms with E-state index < -0.39 is 17.9 Å². The Morgan fingerprint density at radius 3 is 2.24 bits per heavy atom. The number of ether oxygens (including phenoxy) is 1. The minimum atomic E-state index is -1.08. The summed E-state index contributed by atoms with van der Waals surface area (Å²) in [5.41, 5.74) is 1.61. The summed E-state index contributed by atoms with van der Waals surface area (Å²) in [6.45, 7) is 0. The molecule has 0 saturated carbocycles. The standard InChI is InChI=1S/C24H21NO4/c26-23(25-22(24(27)28)17-18-8-3-1-4-9-18)15-14-19-10-7-13-21(16-19)29-20-11-5-2-6-12-20/h1-16,22H,17H2,(H,25,26)(H,27,28)/b15-14+/t22-/m0/s1. The van der Waals surface area contributed by atoms with Gasteiger partial charge in [0.1, 0.15) is 17.5 Å². The lowest BCUT2D eigenvalue weighted by Gasteiger charge is -2.13. The van der Waals surface area contributed by atoms with Crippen molar-refractivity contribution >= 4 is 18.0 Å². The molecule has 1 amide bonds. The van der Waals surface area contributed by atoms with Crippen molar-refractivity contribution in [3.63, 3.8) is 0 Å². The normalized spacial score (nSPS) is 11.7. The molecule has 0 radical (unpaired) electrons. The molecular formula is C24H21NO4. The third kappa shape index (κ3) is 6.36. The van der Waals surface area contributed by atoms with E-state index in [1.54, 1.807) is 12.1 Å². The first-order chi connectivity index (χ1) is 14.1. The summed E-state index contributed by atoms with van der Waals surface area (Å²) in [5.74, 6) is -0.181. The Hall–Kier alpha value is -3.86. The molecule has 3 aromatic rings. The van der Waals surface area contributed by atoms with E-state index in [9.17, 15) is 14.7 Å². The van der Waals surface area contributed by atoms with Crippen molar-refractivity contribution in [2.24, 2.45) is 0 Å². The number of carboxylic acids is 1. The molecule has 1 atom stereocenters. The number of para-hydroxylation sites is 1. The van der Waals surface area contributed by atoms with Crippen LogP contribution in [0.15, 0.2) is 91.0 Å². The molecule has 2 N–H and O–H groups in total. The summed E-state index contributed by atoms with van der Waals surface area (Å²) in [6, 6.07) is 24.9. The second kappa shape index (κ2) is 9.90. The Morgan fingerprint density at radius 1 is 0.897 bits per heavy atom. The third-order valence-electron chi connectivity index (χ3n) is 4.16. The fraction of sp³-hybridized carbons (Fsp3) is 0.0833. The van der Waals surface area contributed by atoms with Gasteiger partial charge in [0.05, 0.1) is 0 Å². The molecule has 0 unspecified atom stereocenters. The zero-order valence-corrected chi connectivity index (χ0v) is 15.7. The number of nitrogens with one attached hydrogen (secondary N) is 1. The topological polar surface area (TPSA) is 75.6 Å². The van der Waals surface area contributed by atoms with Gasteiger partial charge in [-0.05, 0) is 41.5 Å². The van der Waals surface area contributed by atoms with Crippen molar-refractivity contribution < 1.29 is 19.4 Å². The van der Waals surface area contributed by atoms with Crippen LogP contribution in [0.1, 0.15) is 11.1 Å². The summed E-state index contributed by atoms with van der Waals surface area (Å²) in [6.07, 6.45) is 3.16. The minimum absolute atomic E-state index is 0.218. The Labute approximate surface area is 169 Å². The summed E-state index contributed by atoms with van der Waals surface area (Å²) in [7, 11) is 0. The number of rotatable bonds is 8. The molecule has 5 heteroatoms. The van der Waals surface area contributed by atoms with Crippen LogP contribution in [-0.2, 0) is 16.0 Å². The van der Waals surface area contributed by atoms with Crippen LogP contribution in [0.5, 0.6) is 11.5 Å². The lowest BCUT2D eigenvalue weighted by atomic mass is 10.1. The maximum atomic E-state index is 12.2. The minimum Gasteiger partial charge on any atom is -0.480 e. The van der Waals surface area contributed by atoms with Crippen molar-refractivity contribution in [2.75, 3.05) is 0 Å². The predicted molar refractivity (Wildman–Crippen MR) is 112 cm³/mol. The fourth-order valence-electron chi connectivity index (χ4n) is 2.75. The lowest BCUT2D eigenvalue weighted by Crippen LogP contribution is -2.41. The zero-order chi connectivity index (χ0) is 20.5. The average Bonchev–Trinajstić information content (AvgIpc) is 2.73. The van der Waals surface area contributed by atoms with E-state index in [1.165, 1.54) is 6.08 Å². The molecular weight excluding hydrogens is 366 g/mol. The third-order valence-corrected chi connectivity index (χ3v) is 4.16. The van der Waals surface area contributed by atoms with Gasteiger partial charge in [0, 0.05) is 12.5 Å². The lowest BCUT2D eigenvalue weighted by molar-refractivity contribution is -0.141. The van der Waals surface area contributed by atoms with Crippen LogP contribution in [0.2, 0.25) is 0 Å². The molecule has 146 valence electrons. The first-order valence-corrected chi connectivity index (χ1v) is 9.18. The number of carbonyl (C=O) groups excluding carboxylic acids is 1. The van der Waals surface area contributed by atoms with E-state index in [1.807, 2.05) is 78.9 Å². The van der Waals surface area contributed by atoms with Crippen LogP contribution in [0, 0.1) is 0 Å². The predicted octanol–water partition coefficient (Wildman–Crippen LogP) is 4.30. The summed E-state index contributed by atoms with van der Waals surface area (Å²) < 4.78 is 5.78. The van der Waals surface area contributed by atoms with Crippen LogP contribution in [0.25, 0.3) is 6.08 Å². The average molecular weight is 387 g/mol. The van der Waals surface area contributed by atoms with E-state index in [0.29, 0.717) is 5.75 Å². The van der Waals surface area contributed by atoms with E-state index >= 15 is 0 Å². The first-order valence-electron chi connectivity index (χ1n) is 9.18. The van der Waals surface area contributed by atoms with Crippen molar-refractivity contribution in [2.45, 2.75) is 12.5 Å². The Kier molecular flexibility index (Phi) is 6.79. The number of hydrogen-bond acceptors (Lipinski definition) is 3. The molecule has 5 nitrogen and oxygen atoms in total. The van der Waals surface area contributed by atoms with Gasteiger partial charge in [-0.3, -0.25) is 4.79 Å². The highest BCUT2D eigenvalue weighted by molar-refractivity contribution is 5.94. The second-order valence-electron chi connectivity index (χ2n) is 6.41. The molecule has 0 fully saturated rings. The molecule has 3 rings (SSSR count). The van der Waals surface area contributed by atoms with E-state index in [4.69, 9.17) is 4.74 Å². The van der Waals surface area contributed by atoms with Gasteiger partial charge >= 0.3 is 5.97 Å². The van der Waals surface area contributed by atoms with Crippen LogP contribution in [0.4, 0.5) is 0 Å².